The SMILES string of the molecule is CC(C)(C)CC(C)(C)c1cc(CCCC(=O)O)cc(C(C)(C)CC(C)(C)C)c1O. The van der Waals surface area contributed by atoms with Gasteiger partial charge in [0.1, 0.15) is 5.75 Å². The Hall–Kier alpha value is -1.51. The third-order valence-corrected chi connectivity index (χ3v) is 5.43. The summed E-state index contributed by atoms with van der Waals surface area (Å²) in [4.78, 5) is 11.0. The summed E-state index contributed by atoms with van der Waals surface area (Å²) in [5, 5.41) is 20.4. The van der Waals surface area contributed by atoms with Crippen LogP contribution in [0.15, 0.2) is 12.1 Å². The standard InChI is InChI=1S/C26H44O3/c1-23(2,3)16-25(7,8)19-14-18(12-11-13-21(27)28)15-20(22(19)29)26(9,10)17-24(4,5)6/h14-15,29H,11-13,16-17H2,1-10H3,(H,27,28). The molecule has 0 heterocycles. The van der Waals surface area contributed by atoms with Gasteiger partial charge in [0.15, 0.2) is 0 Å². The van der Waals surface area contributed by atoms with E-state index in [9.17, 15) is 9.90 Å². The van der Waals surface area contributed by atoms with Crippen LogP contribution in [0.5, 0.6) is 5.75 Å². The number of benzene rings is 1. The van der Waals surface area contributed by atoms with Crippen molar-refractivity contribution < 1.29 is 15.0 Å². The molecular weight excluding hydrogens is 360 g/mol. The lowest BCUT2D eigenvalue weighted by atomic mass is 9.67. The second-order valence-corrected chi connectivity index (χ2v) is 12.5. The summed E-state index contributed by atoms with van der Waals surface area (Å²) in [6.45, 7) is 22.2. The topological polar surface area (TPSA) is 57.5 Å². The Labute approximate surface area is 178 Å². The first-order valence-electron chi connectivity index (χ1n) is 10.9. The summed E-state index contributed by atoms with van der Waals surface area (Å²) in [6.07, 6.45) is 3.39. The van der Waals surface area contributed by atoms with E-state index >= 15 is 0 Å². The van der Waals surface area contributed by atoms with Crippen molar-refractivity contribution in [1.29, 1.82) is 0 Å². The second-order valence-electron chi connectivity index (χ2n) is 12.5. The molecule has 0 saturated heterocycles. The van der Waals surface area contributed by atoms with Gasteiger partial charge in [-0.2, -0.15) is 0 Å². The van der Waals surface area contributed by atoms with Crippen LogP contribution in [0.2, 0.25) is 0 Å². The van der Waals surface area contributed by atoms with E-state index in [1.165, 1.54) is 0 Å². The first-order chi connectivity index (χ1) is 12.8. The molecule has 0 fully saturated rings. The number of aryl methyl sites for hydroxylation is 1. The van der Waals surface area contributed by atoms with E-state index < -0.39 is 5.97 Å². The number of aromatic hydroxyl groups is 1. The first-order valence-corrected chi connectivity index (χ1v) is 10.9. The highest BCUT2D eigenvalue weighted by Crippen LogP contribution is 2.47. The summed E-state index contributed by atoms with van der Waals surface area (Å²) in [6, 6.07) is 4.22. The fourth-order valence-electron chi connectivity index (χ4n) is 5.16. The van der Waals surface area contributed by atoms with E-state index in [1.54, 1.807) is 0 Å². The van der Waals surface area contributed by atoms with E-state index in [0.29, 0.717) is 18.6 Å². The van der Waals surface area contributed by atoms with Gasteiger partial charge in [-0.1, -0.05) is 81.4 Å². The van der Waals surface area contributed by atoms with E-state index in [-0.39, 0.29) is 28.1 Å². The number of aliphatic carboxylic acids is 1. The number of phenols is 1. The minimum absolute atomic E-state index is 0.135. The van der Waals surface area contributed by atoms with Crippen molar-refractivity contribution in [3.05, 3.63) is 28.8 Å². The van der Waals surface area contributed by atoms with Gasteiger partial charge in [-0.05, 0) is 52.9 Å². The Balaban J connectivity index is 3.52. The molecule has 0 amide bonds. The molecular formula is C26H44O3. The molecule has 0 aromatic heterocycles. The summed E-state index contributed by atoms with van der Waals surface area (Å²) < 4.78 is 0. The summed E-state index contributed by atoms with van der Waals surface area (Å²) in [7, 11) is 0. The van der Waals surface area contributed by atoms with Crippen LogP contribution in [-0.4, -0.2) is 16.2 Å². The van der Waals surface area contributed by atoms with Crippen LogP contribution in [0.1, 0.15) is 112 Å². The minimum atomic E-state index is -0.759. The number of carbonyl (C=O) groups is 1. The van der Waals surface area contributed by atoms with Gasteiger partial charge in [0.05, 0.1) is 0 Å². The third-order valence-electron chi connectivity index (χ3n) is 5.43. The molecule has 1 rings (SSSR count). The average molecular weight is 405 g/mol. The zero-order chi connectivity index (χ0) is 22.8. The van der Waals surface area contributed by atoms with Gasteiger partial charge in [-0.15, -0.1) is 0 Å². The Morgan fingerprint density at radius 1 is 0.793 bits per heavy atom. The van der Waals surface area contributed by atoms with Crippen molar-refractivity contribution in [3.63, 3.8) is 0 Å². The molecule has 166 valence electrons. The molecule has 1 aromatic carbocycles. The number of hydrogen-bond acceptors (Lipinski definition) is 2. The van der Waals surface area contributed by atoms with Gasteiger partial charge in [0, 0.05) is 17.5 Å². The highest BCUT2D eigenvalue weighted by molar-refractivity contribution is 5.66. The molecule has 29 heavy (non-hydrogen) atoms. The van der Waals surface area contributed by atoms with Gasteiger partial charge >= 0.3 is 5.97 Å². The molecule has 0 unspecified atom stereocenters. The van der Waals surface area contributed by atoms with Crippen molar-refractivity contribution in [2.24, 2.45) is 10.8 Å². The zero-order valence-corrected chi connectivity index (χ0v) is 20.5. The number of phenolic OH excluding ortho intramolecular Hbond substituents is 1. The second kappa shape index (κ2) is 8.70. The van der Waals surface area contributed by atoms with Crippen molar-refractivity contribution in [2.45, 2.75) is 112 Å². The van der Waals surface area contributed by atoms with Crippen LogP contribution in [0.4, 0.5) is 0 Å². The molecule has 0 aliphatic carbocycles. The smallest absolute Gasteiger partial charge is 0.303 e. The summed E-state index contributed by atoms with van der Waals surface area (Å²) in [5.74, 6) is -0.346. The summed E-state index contributed by atoms with van der Waals surface area (Å²) in [5.41, 5.74) is 3.00. The number of carboxylic acid groups (broad SMARTS) is 1. The van der Waals surface area contributed by atoms with Crippen molar-refractivity contribution in [1.82, 2.24) is 0 Å². The number of rotatable bonds is 8. The quantitative estimate of drug-likeness (QED) is 0.480. The third kappa shape index (κ3) is 8.03. The largest absolute Gasteiger partial charge is 0.507 e. The molecule has 0 saturated carbocycles. The number of carboxylic acids is 1. The lowest BCUT2D eigenvalue weighted by Crippen LogP contribution is -2.28. The van der Waals surface area contributed by atoms with Gasteiger partial charge in [-0.3, -0.25) is 4.79 Å². The molecule has 0 radical (unpaired) electrons. The van der Waals surface area contributed by atoms with Crippen LogP contribution < -0.4 is 0 Å². The molecule has 0 bridgehead atoms. The zero-order valence-electron chi connectivity index (χ0n) is 20.5. The van der Waals surface area contributed by atoms with Crippen LogP contribution >= 0.6 is 0 Å². The van der Waals surface area contributed by atoms with Crippen molar-refractivity contribution in [2.75, 3.05) is 0 Å². The lowest BCUT2D eigenvalue weighted by Gasteiger charge is -2.37. The van der Waals surface area contributed by atoms with Crippen LogP contribution in [0, 0.1) is 10.8 Å². The Morgan fingerprint density at radius 2 is 1.17 bits per heavy atom. The van der Waals surface area contributed by atoms with E-state index in [0.717, 1.165) is 29.5 Å². The Bertz CT molecular complexity index is 663. The van der Waals surface area contributed by atoms with Crippen molar-refractivity contribution in [3.8, 4) is 5.75 Å². The fraction of sp³-hybridized carbons (Fsp3) is 0.731. The van der Waals surface area contributed by atoms with Crippen molar-refractivity contribution >= 4 is 5.97 Å². The first kappa shape index (κ1) is 25.5. The molecule has 2 N–H and O–H groups in total. The predicted octanol–water partition coefficient (Wildman–Crippen LogP) is 7.23. The average Bonchev–Trinajstić information content (AvgIpc) is 2.42. The maximum Gasteiger partial charge on any atom is 0.303 e. The molecule has 0 aliphatic rings. The van der Waals surface area contributed by atoms with Gasteiger partial charge in [0.2, 0.25) is 0 Å². The van der Waals surface area contributed by atoms with Crippen LogP contribution in [-0.2, 0) is 22.0 Å². The minimum Gasteiger partial charge on any atom is -0.507 e. The van der Waals surface area contributed by atoms with E-state index in [4.69, 9.17) is 5.11 Å². The maximum atomic E-state index is 11.4. The molecule has 0 spiro atoms. The highest BCUT2D eigenvalue weighted by atomic mass is 16.4. The van der Waals surface area contributed by atoms with Gasteiger partial charge in [-0.25, -0.2) is 0 Å². The monoisotopic (exact) mass is 404 g/mol. The highest BCUT2D eigenvalue weighted by Gasteiger charge is 2.35. The van der Waals surface area contributed by atoms with Crippen LogP contribution in [0.25, 0.3) is 0 Å². The number of hydrogen-bond donors (Lipinski definition) is 2. The fourth-order valence-corrected chi connectivity index (χ4v) is 5.16. The summed E-state index contributed by atoms with van der Waals surface area (Å²) >= 11 is 0. The molecule has 1 aromatic rings. The molecule has 0 aliphatic heterocycles. The Morgan fingerprint density at radius 3 is 1.48 bits per heavy atom. The maximum absolute atomic E-state index is 11.4. The molecule has 3 nitrogen and oxygen atoms in total. The van der Waals surface area contributed by atoms with Gasteiger partial charge < -0.3 is 10.2 Å². The van der Waals surface area contributed by atoms with E-state index in [1.807, 2.05) is 0 Å². The van der Waals surface area contributed by atoms with E-state index in [2.05, 4.69) is 81.4 Å². The molecule has 0 atom stereocenters. The van der Waals surface area contributed by atoms with Gasteiger partial charge in [0.25, 0.3) is 0 Å². The Kier molecular flexibility index (Phi) is 7.65. The molecule has 3 heteroatoms. The lowest BCUT2D eigenvalue weighted by molar-refractivity contribution is -0.137. The van der Waals surface area contributed by atoms with Crippen LogP contribution in [0.3, 0.4) is 0 Å². The predicted molar refractivity (Wildman–Crippen MR) is 123 cm³/mol. The normalized spacial score (nSPS) is 13.6.